The zero-order chi connectivity index (χ0) is 14.7. The molecule has 0 aromatic rings. The van der Waals surface area contributed by atoms with Crippen molar-refractivity contribution in [3.8, 4) is 0 Å². The average Bonchev–Trinajstić information content (AvgIpc) is 2.45. The van der Waals surface area contributed by atoms with Crippen LogP contribution in [0.4, 0.5) is 0 Å². The quantitative estimate of drug-likeness (QED) is 0.307. The third-order valence-corrected chi connectivity index (χ3v) is 3.62. The summed E-state index contributed by atoms with van der Waals surface area (Å²) in [5.41, 5.74) is 0.925. The van der Waals surface area contributed by atoms with Gasteiger partial charge in [0.1, 0.15) is 6.61 Å². The first-order valence-corrected chi connectivity index (χ1v) is 7.85. The second kappa shape index (κ2) is 10.3. The van der Waals surface area contributed by atoms with Crippen molar-refractivity contribution in [3.05, 3.63) is 12.2 Å². The predicted molar refractivity (Wildman–Crippen MR) is 78.8 cm³/mol. The minimum Gasteiger partial charge on any atom is -0.237 e. The summed E-state index contributed by atoms with van der Waals surface area (Å²) in [5.74, 6) is -0.769. The third-order valence-electron chi connectivity index (χ3n) is 3.62. The van der Waals surface area contributed by atoms with Crippen molar-refractivity contribution < 1.29 is 19.6 Å². The Labute approximate surface area is 123 Å². The van der Waals surface area contributed by atoms with Gasteiger partial charge in [0, 0.05) is 12.8 Å². The molecule has 0 aromatic carbocycles. The van der Waals surface area contributed by atoms with E-state index in [4.69, 9.17) is 19.6 Å². The summed E-state index contributed by atoms with van der Waals surface area (Å²) < 4.78 is 0. The Hall–Kier alpha value is -0.420. The van der Waals surface area contributed by atoms with Crippen LogP contribution in [0.25, 0.3) is 0 Å². The smallest absolute Gasteiger partial charge is 0.233 e. The van der Waals surface area contributed by atoms with Crippen LogP contribution in [0.15, 0.2) is 12.2 Å². The van der Waals surface area contributed by atoms with Crippen LogP contribution in [0.5, 0.6) is 0 Å². The number of hydrogen-bond donors (Lipinski definition) is 0. The molecule has 4 heteroatoms. The van der Waals surface area contributed by atoms with Gasteiger partial charge < -0.3 is 0 Å². The molecule has 1 saturated carbocycles. The second-order valence-electron chi connectivity index (χ2n) is 5.79. The molecule has 1 fully saturated rings. The van der Waals surface area contributed by atoms with Gasteiger partial charge in [-0.2, -0.15) is 9.78 Å². The molecule has 0 unspecified atom stereocenters. The molecule has 1 rings (SSSR count). The van der Waals surface area contributed by atoms with Gasteiger partial charge >= 0.3 is 0 Å². The van der Waals surface area contributed by atoms with E-state index >= 15 is 0 Å². The molecule has 0 saturated heterocycles. The maximum atomic E-state index is 5.59. The van der Waals surface area contributed by atoms with Gasteiger partial charge in [-0.25, -0.2) is 9.78 Å². The summed E-state index contributed by atoms with van der Waals surface area (Å²) in [4.78, 5) is 21.2. The minimum absolute atomic E-state index is 0.384. The van der Waals surface area contributed by atoms with E-state index in [2.05, 4.69) is 6.58 Å². The first kappa shape index (κ1) is 17.6. The van der Waals surface area contributed by atoms with Gasteiger partial charge in [0.2, 0.25) is 5.79 Å². The van der Waals surface area contributed by atoms with Crippen molar-refractivity contribution in [3.63, 3.8) is 0 Å². The van der Waals surface area contributed by atoms with Crippen LogP contribution in [0.1, 0.15) is 71.1 Å². The molecule has 0 aromatic heterocycles. The Morgan fingerprint density at radius 3 is 1.85 bits per heavy atom. The third kappa shape index (κ3) is 7.39. The van der Waals surface area contributed by atoms with Crippen molar-refractivity contribution in [2.24, 2.45) is 0 Å². The molecule has 0 aliphatic heterocycles. The summed E-state index contributed by atoms with van der Waals surface area (Å²) in [5, 5.41) is 0. The average molecular weight is 286 g/mol. The molecule has 1 aliphatic rings. The van der Waals surface area contributed by atoms with Crippen LogP contribution in [0.3, 0.4) is 0 Å². The van der Waals surface area contributed by atoms with Gasteiger partial charge in [0.05, 0.1) is 7.11 Å². The van der Waals surface area contributed by atoms with Gasteiger partial charge in [-0.3, -0.25) is 0 Å². The molecule has 0 amide bonds. The number of rotatable bonds is 6. The van der Waals surface area contributed by atoms with E-state index in [0.29, 0.717) is 6.61 Å². The lowest BCUT2D eigenvalue weighted by atomic mass is 10.0. The maximum Gasteiger partial charge on any atom is 0.233 e. The molecule has 118 valence electrons. The number of hydrogen-bond acceptors (Lipinski definition) is 4. The Balaban J connectivity index is 2.56. The van der Waals surface area contributed by atoms with Gasteiger partial charge in [-0.15, -0.1) is 0 Å². The van der Waals surface area contributed by atoms with E-state index in [-0.39, 0.29) is 0 Å². The zero-order valence-electron chi connectivity index (χ0n) is 13.1. The summed E-state index contributed by atoms with van der Waals surface area (Å²) >= 11 is 0. The van der Waals surface area contributed by atoms with Crippen molar-refractivity contribution in [1.82, 2.24) is 0 Å². The fraction of sp³-hybridized carbons (Fsp3) is 0.875. The molecule has 1 aliphatic carbocycles. The highest BCUT2D eigenvalue weighted by molar-refractivity contribution is 4.86. The molecule has 20 heavy (non-hydrogen) atoms. The van der Waals surface area contributed by atoms with Crippen molar-refractivity contribution in [2.45, 2.75) is 76.9 Å². The lowest BCUT2D eigenvalue weighted by molar-refractivity contribution is -0.507. The lowest BCUT2D eigenvalue weighted by Crippen LogP contribution is -2.36. The van der Waals surface area contributed by atoms with E-state index in [0.717, 1.165) is 31.3 Å². The van der Waals surface area contributed by atoms with Gasteiger partial charge in [-0.05, 0) is 19.8 Å². The summed E-state index contributed by atoms with van der Waals surface area (Å²) in [6.07, 6.45) is 11.4. The van der Waals surface area contributed by atoms with Crippen molar-refractivity contribution >= 4 is 0 Å². The fourth-order valence-corrected chi connectivity index (χ4v) is 2.54. The molecule has 0 bridgehead atoms. The molecule has 4 nitrogen and oxygen atoms in total. The standard InChI is InChI=1S/C16H30O4/c1-15(2)14-18-20-16(19-17-3)12-10-8-6-4-5-7-9-11-13-16/h1,4-14H2,2-3H3. The van der Waals surface area contributed by atoms with Crippen LogP contribution in [0, 0.1) is 0 Å². The minimum atomic E-state index is -0.769. The Kier molecular flexibility index (Phi) is 9.10. The highest BCUT2D eigenvalue weighted by atomic mass is 17.3. The highest BCUT2D eigenvalue weighted by Gasteiger charge is 2.34. The first-order chi connectivity index (χ1) is 9.68. The van der Waals surface area contributed by atoms with Crippen LogP contribution < -0.4 is 0 Å². The molecular formula is C16H30O4. The van der Waals surface area contributed by atoms with Gasteiger partial charge in [-0.1, -0.05) is 50.7 Å². The van der Waals surface area contributed by atoms with E-state index < -0.39 is 5.79 Å². The van der Waals surface area contributed by atoms with E-state index in [1.165, 1.54) is 45.6 Å². The van der Waals surface area contributed by atoms with Crippen molar-refractivity contribution in [1.29, 1.82) is 0 Å². The summed E-state index contributed by atoms with van der Waals surface area (Å²) in [6.45, 7) is 6.09. The molecule has 0 heterocycles. The van der Waals surface area contributed by atoms with E-state index in [1.54, 1.807) is 0 Å². The molecule has 0 radical (unpaired) electrons. The Morgan fingerprint density at radius 1 is 0.900 bits per heavy atom. The summed E-state index contributed by atoms with van der Waals surface area (Å²) in [7, 11) is 1.52. The SMILES string of the molecule is C=C(C)COOC1(OOC)CCCCCCCCCC1. The van der Waals surface area contributed by atoms with E-state index in [9.17, 15) is 0 Å². The maximum absolute atomic E-state index is 5.59. The second-order valence-corrected chi connectivity index (χ2v) is 5.79. The van der Waals surface area contributed by atoms with Gasteiger partial charge in [0.25, 0.3) is 0 Å². The molecule has 0 atom stereocenters. The van der Waals surface area contributed by atoms with Crippen LogP contribution in [-0.4, -0.2) is 19.5 Å². The van der Waals surface area contributed by atoms with Gasteiger partial charge in [0.15, 0.2) is 0 Å². The van der Waals surface area contributed by atoms with Crippen LogP contribution >= 0.6 is 0 Å². The first-order valence-electron chi connectivity index (χ1n) is 7.85. The van der Waals surface area contributed by atoms with Crippen molar-refractivity contribution in [2.75, 3.05) is 13.7 Å². The summed E-state index contributed by atoms with van der Waals surface area (Å²) in [6, 6.07) is 0. The largest absolute Gasteiger partial charge is 0.237 e. The fourth-order valence-electron chi connectivity index (χ4n) is 2.54. The predicted octanol–water partition coefficient (Wildman–Crippen LogP) is 4.70. The molecule has 0 spiro atoms. The Morgan fingerprint density at radius 2 is 1.40 bits per heavy atom. The molecular weight excluding hydrogens is 256 g/mol. The Bertz CT molecular complexity index is 253. The highest BCUT2D eigenvalue weighted by Crippen LogP contribution is 2.30. The lowest BCUT2D eigenvalue weighted by Gasteiger charge is -2.30. The normalized spacial score (nSPS) is 21.1. The van der Waals surface area contributed by atoms with E-state index in [1.807, 2.05) is 6.92 Å². The van der Waals surface area contributed by atoms with Crippen LogP contribution in [0.2, 0.25) is 0 Å². The zero-order valence-corrected chi connectivity index (χ0v) is 13.1. The molecule has 0 N–H and O–H groups in total. The monoisotopic (exact) mass is 286 g/mol. The van der Waals surface area contributed by atoms with Crippen LogP contribution in [-0.2, 0) is 19.6 Å². The topological polar surface area (TPSA) is 36.9 Å².